The number of ether oxygens (including phenoxy) is 2. The van der Waals surface area contributed by atoms with E-state index in [4.69, 9.17) is 4.74 Å². The van der Waals surface area contributed by atoms with E-state index in [-0.39, 0.29) is 5.60 Å². The van der Waals surface area contributed by atoms with Crippen LogP contribution in [0.2, 0.25) is 0 Å². The fourth-order valence-electron chi connectivity index (χ4n) is 0.799. The molecule has 0 aromatic rings. The molecule has 0 saturated carbocycles. The van der Waals surface area contributed by atoms with Crippen molar-refractivity contribution in [2.24, 2.45) is 0 Å². The highest BCUT2D eigenvalue weighted by Crippen LogP contribution is 2.02. The molecule has 4 heteroatoms. The van der Waals surface area contributed by atoms with Gasteiger partial charge in [-0.15, -0.1) is 0 Å². The molecule has 1 rings (SSSR count). The lowest BCUT2D eigenvalue weighted by Crippen LogP contribution is -2.32. The Hall–Kier alpha value is -0.610. The van der Waals surface area contributed by atoms with Crippen molar-refractivity contribution >= 4 is 6.47 Å². The summed E-state index contributed by atoms with van der Waals surface area (Å²) in [6.45, 7) is 21.9. The SMILES string of the molecule is CC.CC.CC.CC(C)(C)OC=O.CN1CCOCC1. The summed E-state index contributed by atoms with van der Waals surface area (Å²) in [4.78, 5) is 11.9. The smallest absolute Gasteiger partial charge is 0.293 e. The highest BCUT2D eigenvalue weighted by atomic mass is 16.5. The molecule has 0 aliphatic carbocycles. The standard InChI is InChI=1S/C5H11NO.C5H10O2.3C2H6/c1-6-2-4-7-5-3-6;1-5(2,3)7-4-6;3*1-2/h2-5H2,1H3;4H,1-3H3;3*1-2H3. The third-order valence-electron chi connectivity index (χ3n) is 1.64. The van der Waals surface area contributed by atoms with Crippen LogP contribution < -0.4 is 0 Å². The van der Waals surface area contributed by atoms with Gasteiger partial charge in [-0.05, 0) is 27.8 Å². The Morgan fingerprint density at radius 2 is 1.30 bits per heavy atom. The van der Waals surface area contributed by atoms with Crippen LogP contribution in [0.25, 0.3) is 0 Å². The predicted octanol–water partition coefficient (Wildman–Crippen LogP) is 3.98. The van der Waals surface area contributed by atoms with Crippen LogP contribution in [-0.2, 0) is 14.3 Å². The van der Waals surface area contributed by atoms with Crippen LogP contribution in [-0.4, -0.2) is 50.3 Å². The van der Waals surface area contributed by atoms with Crippen molar-refractivity contribution in [1.29, 1.82) is 0 Å². The van der Waals surface area contributed by atoms with Gasteiger partial charge in [0.1, 0.15) is 5.60 Å². The summed E-state index contributed by atoms with van der Waals surface area (Å²) in [6.07, 6.45) is 0. The Bertz CT molecular complexity index is 150. The monoisotopic (exact) mass is 293 g/mol. The minimum atomic E-state index is -0.318. The Balaban J connectivity index is -0.0000000933. The first-order valence-electron chi connectivity index (χ1n) is 7.83. The number of hydrogen-bond donors (Lipinski definition) is 0. The van der Waals surface area contributed by atoms with Crippen molar-refractivity contribution in [2.75, 3.05) is 33.4 Å². The fraction of sp³-hybridized carbons (Fsp3) is 0.938. The van der Waals surface area contributed by atoms with Crippen molar-refractivity contribution in [1.82, 2.24) is 4.90 Å². The zero-order valence-corrected chi connectivity index (χ0v) is 15.6. The van der Waals surface area contributed by atoms with E-state index < -0.39 is 0 Å². The molecule has 0 spiro atoms. The lowest BCUT2D eigenvalue weighted by atomic mass is 10.2. The van der Waals surface area contributed by atoms with Crippen molar-refractivity contribution < 1.29 is 14.3 Å². The second-order valence-corrected chi connectivity index (χ2v) is 4.24. The van der Waals surface area contributed by atoms with Gasteiger partial charge in [-0.25, -0.2) is 0 Å². The van der Waals surface area contributed by atoms with Gasteiger partial charge in [0.2, 0.25) is 0 Å². The van der Waals surface area contributed by atoms with E-state index in [1.165, 1.54) is 0 Å². The molecule has 4 nitrogen and oxygen atoms in total. The van der Waals surface area contributed by atoms with Gasteiger partial charge in [0.25, 0.3) is 6.47 Å². The highest BCUT2D eigenvalue weighted by molar-refractivity contribution is 5.37. The van der Waals surface area contributed by atoms with Crippen LogP contribution in [0.15, 0.2) is 0 Å². The average Bonchev–Trinajstić information content (AvgIpc) is 2.46. The maximum Gasteiger partial charge on any atom is 0.293 e. The molecular weight excluding hydrogens is 254 g/mol. The number of morpholine rings is 1. The molecule has 20 heavy (non-hydrogen) atoms. The third kappa shape index (κ3) is 36.0. The van der Waals surface area contributed by atoms with Gasteiger partial charge < -0.3 is 14.4 Å². The van der Waals surface area contributed by atoms with Gasteiger partial charge in [-0.3, -0.25) is 4.79 Å². The quantitative estimate of drug-likeness (QED) is 0.685. The molecule has 0 atom stereocenters. The molecule has 0 aromatic carbocycles. The lowest BCUT2D eigenvalue weighted by molar-refractivity contribution is -0.138. The van der Waals surface area contributed by atoms with E-state index >= 15 is 0 Å². The largest absolute Gasteiger partial charge is 0.462 e. The second kappa shape index (κ2) is 23.5. The van der Waals surface area contributed by atoms with Gasteiger partial charge >= 0.3 is 0 Å². The number of likely N-dealkylation sites (N-methyl/N-ethyl adjacent to an activating group) is 1. The summed E-state index contributed by atoms with van der Waals surface area (Å²) in [7, 11) is 2.11. The topological polar surface area (TPSA) is 38.8 Å². The molecule has 1 heterocycles. The molecular formula is C16H39NO3. The first-order chi connectivity index (χ1) is 9.45. The van der Waals surface area contributed by atoms with Crippen molar-refractivity contribution in [3.63, 3.8) is 0 Å². The normalized spacial score (nSPS) is 13.5. The first kappa shape index (κ1) is 27.7. The Morgan fingerprint density at radius 3 is 1.40 bits per heavy atom. The first-order valence-corrected chi connectivity index (χ1v) is 7.83. The molecule has 0 radical (unpaired) electrons. The van der Waals surface area contributed by atoms with E-state index in [0.29, 0.717) is 6.47 Å². The fourth-order valence-corrected chi connectivity index (χ4v) is 0.799. The number of carbonyl (C=O) groups excluding carboxylic acids is 1. The number of carbonyl (C=O) groups is 1. The average molecular weight is 293 g/mol. The van der Waals surface area contributed by atoms with Crippen LogP contribution in [0.3, 0.4) is 0 Å². The van der Waals surface area contributed by atoms with Gasteiger partial charge in [-0.1, -0.05) is 41.5 Å². The van der Waals surface area contributed by atoms with E-state index in [1.54, 1.807) is 0 Å². The summed E-state index contributed by atoms with van der Waals surface area (Å²) >= 11 is 0. The molecule has 126 valence electrons. The van der Waals surface area contributed by atoms with Gasteiger partial charge in [-0.2, -0.15) is 0 Å². The van der Waals surface area contributed by atoms with Crippen molar-refractivity contribution in [3.05, 3.63) is 0 Å². The maximum absolute atomic E-state index is 9.60. The highest BCUT2D eigenvalue weighted by Gasteiger charge is 2.07. The Kier molecular flexibility index (Phi) is 32.5. The van der Waals surface area contributed by atoms with E-state index in [9.17, 15) is 4.79 Å². The maximum atomic E-state index is 9.60. The summed E-state index contributed by atoms with van der Waals surface area (Å²) in [6, 6.07) is 0. The Labute approximate surface area is 127 Å². The zero-order chi connectivity index (χ0) is 17.0. The predicted molar refractivity (Wildman–Crippen MR) is 89.3 cm³/mol. The minimum Gasteiger partial charge on any atom is -0.462 e. The molecule has 1 aliphatic heterocycles. The molecule has 1 saturated heterocycles. The van der Waals surface area contributed by atoms with Gasteiger partial charge in [0.15, 0.2) is 0 Å². The molecule has 0 aromatic heterocycles. The minimum absolute atomic E-state index is 0.318. The van der Waals surface area contributed by atoms with Crippen LogP contribution in [0.5, 0.6) is 0 Å². The summed E-state index contributed by atoms with van der Waals surface area (Å²) in [5.74, 6) is 0. The molecule has 0 amide bonds. The third-order valence-corrected chi connectivity index (χ3v) is 1.64. The van der Waals surface area contributed by atoms with E-state index in [1.807, 2.05) is 62.3 Å². The molecule has 0 N–H and O–H groups in total. The number of hydrogen-bond acceptors (Lipinski definition) is 4. The summed E-state index contributed by atoms with van der Waals surface area (Å²) < 4.78 is 9.65. The molecule has 0 unspecified atom stereocenters. The van der Waals surface area contributed by atoms with Crippen LogP contribution in [0, 0.1) is 0 Å². The van der Waals surface area contributed by atoms with Crippen molar-refractivity contribution in [3.8, 4) is 0 Å². The van der Waals surface area contributed by atoms with Crippen LogP contribution in [0.1, 0.15) is 62.3 Å². The summed E-state index contributed by atoms with van der Waals surface area (Å²) in [5.41, 5.74) is -0.318. The molecule has 1 aliphatic rings. The zero-order valence-electron chi connectivity index (χ0n) is 15.6. The van der Waals surface area contributed by atoms with Crippen LogP contribution >= 0.6 is 0 Å². The second-order valence-electron chi connectivity index (χ2n) is 4.24. The van der Waals surface area contributed by atoms with Gasteiger partial charge in [0, 0.05) is 13.1 Å². The Morgan fingerprint density at radius 1 is 0.950 bits per heavy atom. The lowest BCUT2D eigenvalue weighted by Gasteiger charge is -2.21. The van der Waals surface area contributed by atoms with Crippen molar-refractivity contribution in [2.45, 2.75) is 67.9 Å². The summed E-state index contributed by atoms with van der Waals surface area (Å²) in [5, 5.41) is 0. The van der Waals surface area contributed by atoms with E-state index in [0.717, 1.165) is 26.3 Å². The van der Waals surface area contributed by atoms with Crippen LogP contribution in [0.4, 0.5) is 0 Å². The van der Waals surface area contributed by atoms with E-state index in [2.05, 4.69) is 16.7 Å². The number of nitrogens with zero attached hydrogens (tertiary/aromatic N) is 1. The molecule has 1 fully saturated rings. The molecule has 0 bridgehead atoms. The van der Waals surface area contributed by atoms with Gasteiger partial charge in [0.05, 0.1) is 13.2 Å². The number of rotatable bonds is 1.